The number of halogens is 1. The van der Waals surface area contributed by atoms with E-state index >= 15 is 0 Å². The number of nitro groups is 1. The van der Waals surface area contributed by atoms with Crippen LogP contribution in [0.1, 0.15) is 11.1 Å². The van der Waals surface area contributed by atoms with Gasteiger partial charge >= 0.3 is 0 Å². The summed E-state index contributed by atoms with van der Waals surface area (Å²) in [7, 11) is 1.48. The third-order valence-electron chi connectivity index (χ3n) is 3.93. The van der Waals surface area contributed by atoms with Crippen molar-refractivity contribution >= 4 is 52.2 Å². The normalized spacial score (nSPS) is 10.3. The third-order valence-corrected chi connectivity index (χ3v) is 5.27. The maximum Gasteiger partial charge on any atom is 0.271 e. The Bertz CT molecular complexity index is 952. The van der Waals surface area contributed by atoms with Gasteiger partial charge in [-0.05, 0) is 31.0 Å². The van der Waals surface area contributed by atoms with E-state index in [0.29, 0.717) is 27.7 Å². The Morgan fingerprint density at radius 2 is 1.69 bits per heavy atom. The first kappa shape index (κ1) is 22.5. The number of nitro benzene ring substituents is 1. The summed E-state index contributed by atoms with van der Waals surface area (Å²) < 4.78 is 5.21. The molecule has 0 aliphatic rings. The van der Waals surface area contributed by atoms with Crippen LogP contribution in [0.3, 0.4) is 0 Å². The zero-order valence-corrected chi connectivity index (χ0v) is 17.6. The smallest absolute Gasteiger partial charge is 0.271 e. The molecular weight excluding hydrogens is 418 g/mol. The lowest BCUT2D eigenvalue weighted by Gasteiger charge is -2.12. The number of ether oxygens (including phenoxy) is 1. The van der Waals surface area contributed by atoms with Crippen molar-refractivity contribution in [3.05, 3.63) is 56.6 Å². The lowest BCUT2D eigenvalue weighted by Crippen LogP contribution is -2.19. The van der Waals surface area contributed by atoms with Crippen LogP contribution in [0.2, 0.25) is 5.02 Å². The Balaban J connectivity index is 1.88. The number of hydrogen-bond donors (Lipinski definition) is 2. The summed E-state index contributed by atoms with van der Waals surface area (Å²) in [6.45, 7) is 3.55. The minimum Gasteiger partial charge on any atom is -0.495 e. The van der Waals surface area contributed by atoms with Crippen molar-refractivity contribution in [1.82, 2.24) is 0 Å². The van der Waals surface area contributed by atoms with E-state index < -0.39 is 4.92 Å². The molecule has 0 aliphatic heterocycles. The predicted octanol–water partition coefficient (Wildman–Crippen LogP) is 4.18. The lowest BCUT2D eigenvalue weighted by atomic mass is 10.2. The third kappa shape index (κ3) is 6.37. The number of nitrogens with zero attached hydrogens (tertiary/aromatic N) is 1. The van der Waals surface area contributed by atoms with Gasteiger partial charge in [-0.25, -0.2) is 0 Å². The minimum absolute atomic E-state index is 0.0202. The van der Waals surface area contributed by atoms with Crippen molar-refractivity contribution < 1.29 is 19.2 Å². The molecule has 8 nitrogen and oxygen atoms in total. The van der Waals surface area contributed by atoms with Crippen molar-refractivity contribution in [1.29, 1.82) is 0 Å². The van der Waals surface area contributed by atoms with Crippen LogP contribution in [0.25, 0.3) is 0 Å². The fourth-order valence-electron chi connectivity index (χ4n) is 2.40. The monoisotopic (exact) mass is 437 g/mol. The molecule has 0 aliphatic carbocycles. The van der Waals surface area contributed by atoms with E-state index in [0.717, 1.165) is 17.3 Å². The van der Waals surface area contributed by atoms with Crippen LogP contribution in [0, 0.1) is 24.0 Å². The first-order chi connectivity index (χ1) is 13.7. The topological polar surface area (TPSA) is 111 Å². The number of rotatable bonds is 8. The molecular formula is C19H20ClN3O5S. The molecule has 2 amide bonds. The maximum absolute atomic E-state index is 12.2. The van der Waals surface area contributed by atoms with Crippen molar-refractivity contribution in [3.8, 4) is 5.75 Å². The van der Waals surface area contributed by atoms with E-state index in [-0.39, 0.29) is 29.0 Å². The number of methoxy groups -OCH3 is 1. The molecule has 0 bridgehead atoms. The second-order valence-electron chi connectivity index (χ2n) is 6.15. The number of amides is 2. The van der Waals surface area contributed by atoms with Gasteiger partial charge < -0.3 is 15.4 Å². The van der Waals surface area contributed by atoms with E-state index in [1.807, 2.05) is 6.92 Å². The highest BCUT2D eigenvalue weighted by molar-refractivity contribution is 8.00. The summed E-state index contributed by atoms with van der Waals surface area (Å²) in [4.78, 5) is 34.6. The summed E-state index contributed by atoms with van der Waals surface area (Å²) in [6, 6.07) is 7.57. The zero-order chi connectivity index (χ0) is 21.6. The molecule has 0 aromatic heterocycles. The van der Waals surface area contributed by atoms with Gasteiger partial charge in [-0.2, -0.15) is 0 Å². The molecule has 29 heavy (non-hydrogen) atoms. The first-order valence-corrected chi connectivity index (χ1v) is 10.0. The van der Waals surface area contributed by atoms with E-state index in [4.69, 9.17) is 16.3 Å². The average Bonchev–Trinajstić information content (AvgIpc) is 2.66. The number of non-ortho nitro benzene ring substituents is 1. The van der Waals surface area contributed by atoms with Crippen molar-refractivity contribution in [2.24, 2.45) is 0 Å². The number of hydrogen-bond acceptors (Lipinski definition) is 6. The van der Waals surface area contributed by atoms with Crippen LogP contribution >= 0.6 is 23.4 Å². The average molecular weight is 438 g/mol. The Kier molecular flexibility index (Phi) is 7.86. The Morgan fingerprint density at radius 3 is 2.28 bits per heavy atom. The fraction of sp³-hybridized carbons (Fsp3) is 0.263. The van der Waals surface area contributed by atoms with Gasteiger partial charge in [0.25, 0.3) is 5.69 Å². The molecule has 0 unspecified atom stereocenters. The number of anilines is 2. The molecule has 2 aromatic rings. The van der Waals surface area contributed by atoms with Crippen LogP contribution in [-0.2, 0) is 9.59 Å². The molecule has 154 valence electrons. The number of carbonyl (C=O) groups excluding carboxylic acids is 2. The molecule has 2 N–H and O–H groups in total. The second-order valence-corrected chi connectivity index (χ2v) is 7.54. The molecule has 0 heterocycles. The fourth-order valence-corrected chi connectivity index (χ4v) is 3.17. The van der Waals surface area contributed by atoms with Gasteiger partial charge in [0.05, 0.1) is 34.9 Å². The van der Waals surface area contributed by atoms with Gasteiger partial charge in [-0.15, -0.1) is 11.8 Å². The van der Waals surface area contributed by atoms with Gasteiger partial charge in [-0.3, -0.25) is 19.7 Å². The molecule has 2 aromatic carbocycles. The largest absolute Gasteiger partial charge is 0.495 e. The minimum atomic E-state index is -0.527. The van der Waals surface area contributed by atoms with Crippen LogP contribution in [-0.4, -0.2) is 35.4 Å². The number of benzene rings is 2. The number of aryl methyl sites for hydroxylation is 2. The lowest BCUT2D eigenvalue weighted by molar-refractivity contribution is -0.384. The van der Waals surface area contributed by atoms with Crippen molar-refractivity contribution in [2.45, 2.75) is 13.8 Å². The van der Waals surface area contributed by atoms with E-state index in [9.17, 15) is 19.7 Å². The summed E-state index contributed by atoms with van der Waals surface area (Å²) >= 11 is 7.17. The van der Waals surface area contributed by atoms with E-state index in [1.165, 1.54) is 19.2 Å². The molecule has 0 saturated carbocycles. The second kappa shape index (κ2) is 10.1. The van der Waals surface area contributed by atoms with Gasteiger partial charge in [0.2, 0.25) is 11.8 Å². The quantitative estimate of drug-likeness (QED) is 0.473. The van der Waals surface area contributed by atoms with E-state index in [2.05, 4.69) is 10.6 Å². The molecule has 0 fully saturated rings. The van der Waals surface area contributed by atoms with Gasteiger partial charge in [0.15, 0.2) is 0 Å². The van der Waals surface area contributed by atoms with Gasteiger partial charge in [0, 0.05) is 23.2 Å². The first-order valence-electron chi connectivity index (χ1n) is 8.48. The summed E-state index contributed by atoms with van der Waals surface area (Å²) in [6.07, 6.45) is 0. The zero-order valence-electron chi connectivity index (χ0n) is 16.1. The number of carbonyl (C=O) groups is 2. The Morgan fingerprint density at radius 1 is 1.07 bits per heavy atom. The molecule has 0 atom stereocenters. The van der Waals surface area contributed by atoms with Crippen LogP contribution < -0.4 is 15.4 Å². The number of thioether (sulfide) groups is 1. The summed E-state index contributed by atoms with van der Waals surface area (Å²) in [5, 5.41) is 16.8. The number of nitrogens with one attached hydrogen (secondary N) is 2. The summed E-state index contributed by atoms with van der Waals surface area (Å²) in [5.41, 5.74) is 2.26. The maximum atomic E-state index is 12.2. The van der Waals surface area contributed by atoms with Gasteiger partial charge in [0.1, 0.15) is 5.75 Å². The molecule has 2 rings (SSSR count). The highest BCUT2D eigenvalue weighted by atomic mass is 35.5. The Hall–Kier alpha value is -2.78. The molecule has 0 spiro atoms. The van der Waals surface area contributed by atoms with Crippen LogP contribution in [0.15, 0.2) is 30.3 Å². The highest BCUT2D eigenvalue weighted by Gasteiger charge is 2.13. The van der Waals surface area contributed by atoms with Crippen molar-refractivity contribution in [2.75, 3.05) is 29.2 Å². The van der Waals surface area contributed by atoms with E-state index in [1.54, 1.807) is 25.1 Å². The summed E-state index contributed by atoms with van der Waals surface area (Å²) in [5.74, 6) is -0.142. The van der Waals surface area contributed by atoms with Crippen LogP contribution in [0.5, 0.6) is 5.75 Å². The molecule has 0 radical (unpaired) electrons. The SMILES string of the molecule is COc1cc(Cl)c(C)cc1NC(=O)CSCC(=O)Nc1cc([N+](=O)[O-])ccc1C. The van der Waals surface area contributed by atoms with Crippen molar-refractivity contribution in [3.63, 3.8) is 0 Å². The standard InChI is InChI=1S/C19H20ClN3O5S/c1-11-4-5-13(23(26)27)7-15(11)21-18(24)9-29-10-19(25)22-16-6-12(2)14(20)8-17(16)28-3/h4-8H,9-10H2,1-3H3,(H,21,24)(H,22,25). The molecule has 0 saturated heterocycles. The highest BCUT2D eigenvalue weighted by Crippen LogP contribution is 2.31. The molecule has 10 heteroatoms. The van der Waals surface area contributed by atoms with Crippen LogP contribution in [0.4, 0.5) is 17.1 Å². The Labute approximate surface area is 177 Å². The van der Waals surface area contributed by atoms with Gasteiger partial charge in [-0.1, -0.05) is 17.7 Å². The predicted molar refractivity (Wildman–Crippen MR) is 115 cm³/mol.